The molecule has 1 N–H and O–H groups in total. The summed E-state index contributed by atoms with van der Waals surface area (Å²) in [7, 11) is 0. The lowest BCUT2D eigenvalue weighted by Gasteiger charge is -2.14. The predicted octanol–water partition coefficient (Wildman–Crippen LogP) is 7.21. The average Bonchev–Trinajstić information content (AvgIpc) is 2.77. The van der Waals surface area contributed by atoms with E-state index in [1.807, 2.05) is 0 Å². The number of anilines is 2. The van der Waals surface area contributed by atoms with Crippen LogP contribution < -0.4 is 5.32 Å². The van der Waals surface area contributed by atoms with Crippen LogP contribution in [0.25, 0.3) is 22.2 Å². The summed E-state index contributed by atoms with van der Waals surface area (Å²) in [4.78, 5) is 12.4. The Morgan fingerprint density at radius 3 is 2.21 bits per heavy atom. The first-order valence-electron chi connectivity index (χ1n) is 9.40. The van der Waals surface area contributed by atoms with Crippen LogP contribution >= 0.6 is 11.6 Å². The molecule has 4 nitrogen and oxygen atoms in total. The van der Waals surface area contributed by atoms with Crippen LogP contribution in [0, 0.1) is 0 Å². The molecule has 0 atom stereocenters. The molecule has 2 aromatic carbocycles. The average molecular weight is 483 g/mol. The van der Waals surface area contributed by atoms with Crippen LogP contribution in [0.4, 0.5) is 37.8 Å². The number of alkyl halides is 7. The maximum absolute atomic E-state index is 13.4. The Bertz CT molecular complexity index is 1300. The molecule has 4 aromatic rings. The van der Waals surface area contributed by atoms with E-state index in [-0.39, 0.29) is 28.8 Å². The van der Waals surface area contributed by atoms with Crippen molar-refractivity contribution >= 4 is 34.0 Å². The van der Waals surface area contributed by atoms with Crippen LogP contribution in [0.3, 0.4) is 0 Å². The van der Waals surface area contributed by atoms with Crippen LogP contribution in [0.1, 0.15) is 17.0 Å². The first-order valence-corrected chi connectivity index (χ1v) is 9.93. The Morgan fingerprint density at radius 2 is 1.58 bits per heavy atom. The van der Waals surface area contributed by atoms with Crippen molar-refractivity contribution in [1.29, 1.82) is 0 Å². The van der Waals surface area contributed by atoms with Gasteiger partial charge in [0.1, 0.15) is 11.6 Å². The number of rotatable bonds is 4. The van der Waals surface area contributed by atoms with E-state index in [9.17, 15) is 26.3 Å². The van der Waals surface area contributed by atoms with E-state index in [0.29, 0.717) is 16.6 Å². The van der Waals surface area contributed by atoms with Gasteiger partial charge in [0, 0.05) is 22.8 Å². The van der Waals surface area contributed by atoms with Crippen molar-refractivity contribution in [3.05, 3.63) is 77.7 Å². The number of halogens is 7. The maximum Gasteiger partial charge on any atom is 0.418 e. The first-order chi connectivity index (χ1) is 15.6. The zero-order valence-electron chi connectivity index (χ0n) is 16.5. The van der Waals surface area contributed by atoms with Crippen molar-refractivity contribution in [2.45, 2.75) is 18.2 Å². The predicted molar refractivity (Wildman–Crippen MR) is 112 cm³/mol. The molecule has 0 aliphatic rings. The first kappa shape index (κ1) is 22.8. The Kier molecular flexibility index (Phi) is 5.87. The molecule has 2 heterocycles. The number of aromatic nitrogens is 3. The summed E-state index contributed by atoms with van der Waals surface area (Å²) in [5, 5.41) is 3.36. The maximum atomic E-state index is 13.4. The summed E-state index contributed by atoms with van der Waals surface area (Å²) in [6, 6.07) is 10.9. The molecule has 0 saturated carbocycles. The second-order valence-corrected chi connectivity index (χ2v) is 7.22. The van der Waals surface area contributed by atoms with Crippen LogP contribution in [0.5, 0.6) is 0 Å². The van der Waals surface area contributed by atoms with Crippen LogP contribution in [0.15, 0.2) is 60.8 Å². The second kappa shape index (κ2) is 8.51. The molecule has 0 aliphatic heterocycles. The highest BCUT2D eigenvalue weighted by atomic mass is 35.5. The minimum atomic E-state index is -4.60. The molecule has 11 heteroatoms. The van der Waals surface area contributed by atoms with Crippen molar-refractivity contribution in [1.82, 2.24) is 15.0 Å². The molecule has 0 saturated heterocycles. The van der Waals surface area contributed by atoms with E-state index in [1.54, 1.807) is 0 Å². The number of hydrogen-bond donors (Lipinski definition) is 1. The third-order valence-corrected chi connectivity index (χ3v) is 4.96. The van der Waals surface area contributed by atoms with Crippen LogP contribution in [-0.4, -0.2) is 15.0 Å². The van der Waals surface area contributed by atoms with E-state index in [2.05, 4.69) is 20.3 Å². The number of fused-ring (bicyclic) bond motifs is 1. The van der Waals surface area contributed by atoms with Gasteiger partial charge in [0.2, 0.25) is 0 Å². The minimum Gasteiger partial charge on any atom is -0.340 e. The van der Waals surface area contributed by atoms with Gasteiger partial charge in [-0.05, 0) is 48.5 Å². The highest BCUT2D eigenvalue weighted by Gasteiger charge is 2.34. The van der Waals surface area contributed by atoms with Crippen molar-refractivity contribution in [2.75, 3.05) is 5.32 Å². The summed E-state index contributed by atoms with van der Waals surface area (Å²) >= 11 is 5.88. The zero-order valence-corrected chi connectivity index (χ0v) is 17.2. The van der Waals surface area contributed by atoms with Gasteiger partial charge >= 0.3 is 12.4 Å². The van der Waals surface area contributed by atoms with Gasteiger partial charge in [-0.3, -0.25) is 4.98 Å². The zero-order chi connectivity index (χ0) is 23.8. The van der Waals surface area contributed by atoms with Crippen LogP contribution in [-0.2, 0) is 18.2 Å². The van der Waals surface area contributed by atoms with E-state index in [4.69, 9.17) is 11.6 Å². The fourth-order valence-corrected chi connectivity index (χ4v) is 3.34. The summed E-state index contributed by atoms with van der Waals surface area (Å²) in [5.74, 6) is 0.353. The van der Waals surface area contributed by atoms with E-state index in [0.717, 1.165) is 18.2 Å². The van der Waals surface area contributed by atoms with Gasteiger partial charge in [0.05, 0.1) is 28.2 Å². The largest absolute Gasteiger partial charge is 0.418 e. The van der Waals surface area contributed by atoms with Crippen molar-refractivity contribution < 1.29 is 26.3 Å². The molecule has 0 radical (unpaired) electrons. The molecule has 0 unspecified atom stereocenters. The summed E-state index contributed by atoms with van der Waals surface area (Å²) in [6.07, 6.45) is -7.81. The fraction of sp³-hybridized carbons (Fsp3) is 0.136. The minimum absolute atomic E-state index is 0.0841. The quantitative estimate of drug-likeness (QED) is 0.246. The molecule has 0 amide bonds. The molecule has 170 valence electrons. The molecular weight excluding hydrogens is 470 g/mol. The molecule has 2 aromatic heterocycles. The van der Waals surface area contributed by atoms with Crippen LogP contribution in [0.2, 0.25) is 0 Å². The van der Waals surface area contributed by atoms with Crippen molar-refractivity contribution in [3.63, 3.8) is 0 Å². The summed E-state index contributed by atoms with van der Waals surface area (Å²) in [5.41, 5.74) is -1.13. The monoisotopic (exact) mass is 482 g/mol. The summed E-state index contributed by atoms with van der Waals surface area (Å²) < 4.78 is 78.6. The van der Waals surface area contributed by atoms with Gasteiger partial charge in [-0.25, -0.2) is 9.97 Å². The molecule has 4 rings (SSSR count). The van der Waals surface area contributed by atoms with E-state index >= 15 is 0 Å². The lowest BCUT2D eigenvalue weighted by molar-refractivity contribution is -0.138. The lowest BCUT2D eigenvalue weighted by atomic mass is 10.0. The Balaban J connectivity index is 1.77. The van der Waals surface area contributed by atoms with Gasteiger partial charge in [0.15, 0.2) is 0 Å². The van der Waals surface area contributed by atoms with Gasteiger partial charge in [0.25, 0.3) is 0 Å². The van der Waals surface area contributed by atoms with Gasteiger partial charge < -0.3 is 5.32 Å². The fourth-order valence-electron chi connectivity index (χ4n) is 3.22. The normalized spacial score (nSPS) is 12.2. The second-order valence-electron chi connectivity index (χ2n) is 6.95. The molecule has 0 fully saturated rings. The highest BCUT2D eigenvalue weighted by Crippen LogP contribution is 2.37. The van der Waals surface area contributed by atoms with Crippen molar-refractivity contribution in [3.8, 4) is 11.3 Å². The molecule has 0 spiro atoms. The molecule has 0 bridgehead atoms. The number of hydrogen-bond acceptors (Lipinski definition) is 4. The SMILES string of the molecule is FC(F)(F)c1ccc(Nc2nc(CCl)nc3cc(-c4ncccc4C(F)(F)F)ccc23)cc1. The third-order valence-electron chi connectivity index (χ3n) is 4.72. The highest BCUT2D eigenvalue weighted by molar-refractivity contribution is 6.16. The Hall–Kier alpha value is -3.40. The number of benzene rings is 2. The standard InChI is InChI=1S/C22H13ClF6N4/c23-11-18-32-17-10-12(19-16(22(27,28)29)2-1-9-30-19)3-8-15(17)20(33-18)31-14-6-4-13(5-7-14)21(24,25)26/h1-10H,11H2,(H,31,32,33). The third kappa shape index (κ3) is 4.85. The smallest absolute Gasteiger partial charge is 0.340 e. The number of nitrogens with one attached hydrogen (secondary N) is 1. The summed E-state index contributed by atoms with van der Waals surface area (Å²) in [6.45, 7) is 0. The lowest BCUT2D eigenvalue weighted by Crippen LogP contribution is -2.08. The number of pyridine rings is 1. The molecule has 33 heavy (non-hydrogen) atoms. The molecule has 0 aliphatic carbocycles. The molecular formula is C22H13ClF6N4. The van der Waals surface area contributed by atoms with Crippen molar-refractivity contribution in [2.24, 2.45) is 0 Å². The van der Waals surface area contributed by atoms with Gasteiger partial charge in [-0.1, -0.05) is 6.07 Å². The van der Waals surface area contributed by atoms with E-state index < -0.39 is 23.5 Å². The van der Waals surface area contributed by atoms with Gasteiger partial charge in [-0.2, -0.15) is 26.3 Å². The Labute approximate surface area is 188 Å². The number of nitrogens with zero attached hydrogens (tertiary/aromatic N) is 3. The van der Waals surface area contributed by atoms with E-state index in [1.165, 1.54) is 42.6 Å². The van der Waals surface area contributed by atoms with Gasteiger partial charge in [-0.15, -0.1) is 11.6 Å². The Morgan fingerprint density at radius 1 is 0.848 bits per heavy atom. The topological polar surface area (TPSA) is 50.7 Å².